The molecule has 0 aliphatic rings. The molecule has 2 N–H and O–H groups in total. The molecule has 0 aliphatic carbocycles. The first-order valence-electron chi connectivity index (χ1n) is 8.61. The molecule has 0 saturated carbocycles. The van der Waals surface area contributed by atoms with E-state index >= 15 is 0 Å². The van der Waals surface area contributed by atoms with Crippen molar-refractivity contribution in [1.29, 1.82) is 0 Å². The number of amides is 1. The topological polar surface area (TPSA) is 56.7 Å². The van der Waals surface area contributed by atoms with Gasteiger partial charge < -0.3 is 15.5 Å². The molecule has 152 valence electrons. The summed E-state index contributed by atoms with van der Waals surface area (Å²) in [5.74, 6) is 0.215. The number of halogens is 3. The van der Waals surface area contributed by atoms with E-state index in [0.717, 1.165) is 11.1 Å². The van der Waals surface area contributed by atoms with Crippen molar-refractivity contribution in [3.63, 3.8) is 0 Å². The van der Waals surface area contributed by atoms with Crippen LogP contribution < -0.4 is 10.6 Å². The Hall–Kier alpha value is -1.87. The van der Waals surface area contributed by atoms with Crippen LogP contribution in [0.2, 0.25) is 5.02 Å². The molecule has 0 fully saturated rings. The van der Waals surface area contributed by atoms with Crippen molar-refractivity contribution in [3.05, 3.63) is 64.4 Å². The molecule has 0 aliphatic heterocycles. The van der Waals surface area contributed by atoms with Gasteiger partial charge in [-0.25, -0.2) is 4.39 Å². The van der Waals surface area contributed by atoms with Gasteiger partial charge in [-0.3, -0.25) is 9.79 Å². The normalized spacial score (nSPS) is 10.8. The predicted octanol–water partition coefficient (Wildman–Crippen LogP) is 4.44. The highest BCUT2D eigenvalue weighted by atomic mass is 127. The molecule has 2 aromatic rings. The van der Waals surface area contributed by atoms with Crippen molar-refractivity contribution in [2.24, 2.45) is 4.99 Å². The van der Waals surface area contributed by atoms with E-state index in [1.54, 1.807) is 25.2 Å². The number of carbonyl (C=O) groups is 1. The van der Waals surface area contributed by atoms with E-state index in [4.69, 9.17) is 11.6 Å². The van der Waals surface area contributed by atoms with E-state index in [1.807, 2.05) is 31.0 Å². The molecule has 1 amide bonds. The fourth-order valence-electron chi connectivity index (χ4n) is 2.59. The van der Waals surface area contributed by atoms with Crippen LogP contribution in [0.3, 0.4) is 0 Å². The number of aryl methyl sites for hydroxylation is 1. The molecule has 0 heterocycles. The van der Waals surface area contributed by atoms with Gasteiger partial charge in [0.05, 0.1) is 10.7 Å². The Balaban J connectivity index is 0.00000392. The van der Waals surface area contributed by atoms with Crippen LogP contribution in [-0.2, 0) is 11.3 Å². The zero-order chi connectivity index (χ0) is 19.8. The number of hydrogen-bond donors (Lipinski definition) is 2. The molecular weight excluding hydrogens is 494 g/mol. The van der Waals surface area contributed by atoms with Gasteiger partial charge >= 0.3 is 0 Å². The smallest absolute Gasteiger partial charge is 0.226 e. The summed E-state index contributed by atoms with van der Waals surface area (Å²) in [7, 11) is 3.52. The quantitative estimate of drug-likeness (QED) is 0.338. The Morgan fingerprint density at radius 3 is 2.64 bits per heavy atom. The Bertz CT molecular complexity index is 832. The van der Waals surface area contributed by atoms with Crippen LogP contribution in [0, 0.1) is 12.7 Å². The van der Waals surface area contributed by atoms with E-state index in [9.17, 15) is 9.18 Å². The molecule has 0 radical (unpaired) electrons. The summed E-state index contributed by atoms with van der Waals surface area (Å²) in [5, 5.41) is 6.45. The molecule has 0 spiro atoms. The molecular formula is C20H25ClFIN4O. The highest BCUT2D eigenvalue weighted by Gasteiger charge is 2.09. The lowest BCUT2D eigenvalue weighted by Crippen LogP contribution is -2.39. The fraction of sp³-hybridized carbons (Fsp3) is 0.300. The Morgan fingerprint density at radius 1 is 1.25 bits per heavy atom. The molecule has 0 saturated heterocycles. The Kier molecular flexibility index (Phi) is 10.2. The van der Waals surface area contributed by atoms with E-state index in [0.29, 0.717) is 29.8 Å². The second-order valence-corrected chi connectivity index (χ2v) is 6.65. The van der Waals surface area contributed by atoms with E-state index in [1.165, 1.54) is 12.1 Å². The van der Waals surface area contributed by atoms with Crippen LogP contribution >= 0.6 is 35.6 Å². The molecule has 0 atom stereocenters. The SMILES string of the molecule is CN=C(NCCC(=O)Nc1ccc(C)cc1Cl)N(C)Cc1cccc(F)c1.I. The van der Waals surface area contributed by atoms with E-state index in [-0.39, 0.29) is 42.1 Å². The molecule has 8 heteroatoms. The van der Waals surface area contributed by atoms with Gasteiger partial charge in [0.25, 0.3) is 0 Å². The van der Waals surface area contributed by atoms with Gasteiger partial charge in [0.1, 0.15) is 5.82 Å². The van der Waals surface area contributed by atoms with Crippen LogP contribution in [0.4, 0.5) is 10.1 Å². The summed E-state index contributed by atoms with van der Waals surface area (Å²) in [6.07, 6.45) is 0.261. The minimum Gasteiger partial charge on any atom is -0.356 e. The fourth-order valence-corrected chi connectivity index (χ4v) is 2.87. The summed E-state index contributed by atoms with van der Waals surface area (Å²) in [6.45, 7) is 2.85. The molecule has 28 heavy (non-hydrogen) atoms. The number of benzene rings is 2. The zero-order valence-electron chi connectivity index (χ0n) is 16.1. The minimum atomic E-state index is -0.268. The lowest BCUT2D eigenvalue weighted by Gasteiger charge is -2.22. The van der Waals surface area contributed by atoms with Gasteiger partial charge in [0.15, 0.2) is 5.96 Å². The first-order chi connectivity index (χ1) is 12.9. The van der Waals surface area contributed by atoms with Crippen LogP contribution in [0.15, 0.2) is 47.5 Å². The van der Waals surface area contributed by atoms with Crippen LogP contribution in [-0.4, -0.2) is 37.4 Å². The van der Waals surface area contributed by atoms with Crippen LogP contribution in [0.25, 0.3) is 0 Å². The number of hydrogen-bond acceptors (Lipinski definition) is 2. The van der Waals surface area contributed by atoms with Crippen molar-refractivity contribution in [1.82, 2.24) is 10.2 Å². The average Bonchev–Trinajstić information content (AvgIpc) is 2.61. The summed E-state index contributed by atoms with van der Waals surface area (Å²) in [6, 6.07) is 11.9. The predicted molar refractivity (Wildman–Crippen MR) is 124 cm³/mol. The van der Waals surface area contributed by atoms with Gasteiger partial charge in [0, 0.05) is 33.6 Å². The summed E-state index contributed by atoms with van der Waals surface area (Å²) in [5.41, 5.74) is 2.47. The summed E-state index contributed by atoms with van der Waals surface area (Å²) in [4.78, 5) is 18.2. The monoisotopic (exact) mass is 518 g/mol. The van der Waals surface area contributed by atoms with Gasteiger partial charge in [-0.05, 0) is 42.3 Å². The summed E-state index contributed by atoms with van der Waals surface area (Å²) >= 11 is 6.13. The number of nitrogens with zero attached hydrogens (tertiary/aromatic N) is 2. The van der Waals surface area contributed by atoms with Crippen molar-refractivity contribution in [3.8, 4) is 0 Å². The van der Waals surface area contributed by atoms with Crippen LogP contribution in [0.5, 0.6) is 0 Å². The number of nitrogens with one attached hydrogen (secondary N) is 2. The minimum absolute atomic E-state index is 0. The lowest BCUT2D eigenvalue weighted by molar-refractivity contribution is -0.116. The second kappa shape index (κ2) is 11.9. The second-order valence-electron chi connectivity index (χ2n) is 6.24. The largest absolute Gasteiger partial charge is 0.356 e. The standard InChI is InChI=1S/C20H24ClFN4O.HI/c1-14-7-8-18(17(21)11-14)25-19(27)9-10-24-20(23-2)26(3)13-15-5-4-6-16(22)12-15;/h4-8,11-12H,9-10,13H2,1-3H3,(H,23,24)(H,25,27);1H. The van der Waals surface area contributed by atoms with E-state index in [2.05, 4.69) is 15.6 Å². The number of carbonyl (C=O) groups excluding carboxylic acids is 1. The zero-order valence-corrected chi connectivity index (χ0v) is 19.2. The van der Waals surface area contributed by atoms with Crippen molar-refractivity contribution >= 4 is 53.1 Å². The van der Waals surface area contributed by atoms with Crippen molar-refractivity contribution in [2.75, 3.05) is 26.0 Å². The van der Waals surface area contributed by atoms with E-state index < -0.39 is 0 Å². The maximum atomic E-state index is 13.3. The van der Waals surface area contributed by atoms with Crippen LogP contribution in [0.1, 0.15) is 17.5 Å². The van der Waals surface area contributed by atoms with Crippen molar-refractivity contribution < 1.29 is 9.18 Å². The lowest BCUT2D eigenvalue weighted by atomic mass is 10.2. The third-order valence-electron chi connectivity index (χ3n) is 3.92. The van der Waals surface area contributed by atoms with Crippen molar-refractivity contribution in [2.45, 2.75) is 19.9 Å². The third kappa shape index (κ3) is 7.63. The number of aliphatic imine (C=N–C) groups is 1. The third-order valence-corrected chi connectivity index (χ3v) is 4.23. The number of rotatable bonds is 6. The molecule has 0 aromatic heterocycles. The van der Waals surface area contributed by atoms with Gasteiger partial charge in [-0.15, -0.1) is 24.0 Å². The van der Waals surface area contributed by atoms with Gasteiger partial charge in [0.2, 0.25) is 5.91 Å². The maximum absolute atomic E-state index is 13.3. The molecule has 0 unspecified atom stereocenters. The molecule has 2 rings (SSSR count). The first kappa shape index (κ1) is 24.2. The number of anilines is 1. The molecule has 2 aromatic carbocycles. The molecule has 5 nitrogen and oxygen atoms in total. The Labute approximate surface area is 187 Å². The maximum Gasteiger partial charge on any atom is 0.226 e. The number of guanidine groups is 1. The average molecular weight is 519 g/mol. The Morgan fingerprint density at radius 2 is 2.00 bits per heavy atom. The highest BCUT2D eigenvalue weighted by molar-refractivity contribution is 14.0. The highest BCUT2D eigenvalue weighted by Crippen LogP contribution is 2.22. The summed E-state index contributed by atoms with van der Waals surface area (Å²) < 4.78 is 13.3. The van der Waals surface area contributed by atoms with Gasteiger partial charge in [-0.1, -0.05) is 29.8 Å². The molecule has 0 bridgehead atoms. The van der Waals surface area contributed by atoms with Gasteiger partial charge in [-0.2, -0.15) is 0 Å². The first-order valence-corrected chi connectivity index (χ1v) is 8.99.